The van der Waals surface area contributed by atoms with E-state index in [1.807, 2.05) is 4.90 Å². The average Bonchev–Trinajstić information content (AvgIpc) is 2.96. The lowest BCUT2D eigenvalue weighted by Gasteiger charge is -2.36. The van der Waals surface area contributed by atoms with E-state index in [-0.39, 0.29) is 11.9 Å². The predicted molar refractivity (Wildman–Crippen MR) is 75.5 cm³/mol. The molecule has 1 atom stereocenters. The zero-order valence-electron chi connectivity index (χ0n) is 10.1. The van der Waals surface area contributed by atoms with E-state index in [9.17, 15) is 13.2 Å². The van der Waals surface area contributed by atoms with Crippen LogP contribution in [0.15, 0.2) is 20.1 Å². The van der Waals surface area contributed by atoms with Gasteiger partial charge >= 0.3 is 0 Å². The summed E-state index contributed by atoms with van der Waals surface area (Å²) < 4.78 is 27.6. The Kier molecular flexibility index (Phi) is 3.45. The summed E-state index contributed by atoms with van der Waals surface area (Å²) in [6, 6.07) is 1.79. The summed E-state index contributed by atoms with van der Waals surface area (Å²) in [5.41, 5.74) is 0. The average molecular weight is 365 g/mol. The van der Waals surface area contributed by atoms with Crippen LogP contribution in [0.4, 0.5) is 0 Å². The third kappa shape index (κ3) is 2.24. The number of hydrogen-bond acceptors (Lipinski definition) is 4. The highest BCUT2D eigenvalue weighted by molar-refractivity contribution is 9.10. The molecule has 19 heavy (non-hydrogen) atoms. The van der Waals surface area contributed by atoms with Crippen LogP contribution in [0.3, 0.4) is 0 Å². The van der Waals surface area contributed by atoms with Gasteiger partial charge in [0.15, 0.2) is 0 Å². The van der Waals surface area contributed by atoms with Gasteiger partial charge in [0.25, 0.3) is 10.0 Å². The molecular weight excluding hydrogens is 352 g/mol. The quantitative estimate of drug-likeness (QED) is 0.798. The molecule has 0 aliphatic carbocycles. The molecular formula is C11H13BrN2O3S2. The van der Waals surface area contributed by atoms with E-state index in [2.05, 4.69) is 15.9 Å². The number of nitrogens with zero attached hydrogens (tertiary/aromatic N) is 2. The molecule has 8 heteroatoms. The molecule has 1 aromatic heterocycles. The third-order valence-electron chi connectivity index (χ3n) is 3.62. The second kappa shape index (κ2) is 4.83. The summed E-state index contributed by atoms with van der Waals surface area (Å²) in [4.78, 5) is 13.4. The van der Waals surface area contributed by atoms with Gasteiger partial charge in [-0.05, 0) is 33.8 Å². The number of sulfonamides is 1. The maximum atomic E-state index is 12.5. The molecule has 2 saturated heterocycles. The van der Waals surface area contributed by atoms with Crippen molar-refractivity contribution in [3.8, 4) is 0 Å². The Morgan fingerprint density at radius 2 is 2.16 bits per heavy atom. The molecule has 5 nitrogen and oxygen atoms in total. The van der Waals surface area contributed by atoms with Gasteiger partial charge in [0.05, 0.1) is 0 Å². The van der Waals surface area contributed by atoms with Crippen molar-refractivity contribution in [2.45, 2.75) is 23.1 Å². The van der Waals surface area contributed by atoms with Crippen LogP contribution in [-0.4, -0.2) is 49.2 Å². The molecule has 2 fully saturated rings. The molecule has 2 aliphatic rings. The molecule has 1 amide bonds. The fourth-order valence-corrected chi connectivity index (χ4v) is 6.55. The minimum atomic E-state index is -3.44. The van der Waals surface area contributed by atoms with Gasteiger partial charge in [-0.25, -0.2) is 8.42 Å². The van der Waals surface area contributed by atoms with E-state index in [4.69, 9.17) is 0 Å². The van der Waals surface area contributed by atoms with Crippen molar-refractivity contribution < 1.29 is 13.2 Å². The molecule has 3 rings (SSSR count). The number of carbonyl (C=O) groups excluding carboxylic acids is 1. The minimum Gasteiger partial charge on any atom is -0.337 e. The molecule has 1 unspecified atom stereocenters. The van der Waals surface area contributed by atoms with E-state index < -0.39 is 10.0 Å². The van der Waals surface area contributed by atoms with E-state index in [0.717, 1.165) is 6.42 Å². The number of carbonyl (C=O) groups is 1. The van der Waals surface area contributed by atoms with Crippen molar-refractivity contribution in [3.05, 3.63) is 15.9 Å². The van der Waals surface area contributed by atoms with Gasteiger partial charge in [0.2, 0.25) is 5.91 Å². The fraction of sp³-hybridized carbons (Fsp3) is 0.545. The highest BCUT2D eigenvalue weighted by Crippen LogP contribution is 2.32. The molecule has 0 aromatic carbocycles. The van der Waals surface area contributed by atoms with Crippen LogP contribution in [0, 0.1) is 0 Å². The monoisotopic (exact) mass is 364 g/mol. The SMILES string of the molecule is O=C1CCC2CN(S(=O)(=O)c3sccc3Br)CCN12. The standard InChI is InChI=1S/C11H13BrN2O3S2/c12-9-3-6-18-11(9)19(16,17)13-4-5-14-8(7-13)1-2-10(14)15/h3,6,8H,1-2,4-5,7H2. The molecule has 104 valence electrons. The molecule has 0 radical (unpaired) electrons. The molecule has 2 aliphatic heterocycles. The molecule has 0 bridgehead atoms. The van der Waals surface area contributed by atoms with Crippen molar-refractivity contribution in [1.82, 2.24) is 9.21 Å². The van der Waals surface area contributed by atoms with Crippen LogP contribution in [0.5, 0.6) is 0 Å². The summed E-state index contributed by atoms with van der Waals surface area (Å²) >= 11 is 4.49. The normalized spacial score (nSPS) is 24.8. The van der Waals surface area contributed by atoms with E-state index >= 15 is 0 Å². The zero-order valence-corrected chi connectivity index (χ0v) is 13.3. The Hall–Kier alpha value is -0.440. The van der Waals surface area contributed by atoms with Crippen LogP contribution in [0.25, 0.3) is 0 Å². The first-order chi connectivity index (χ1) is 9.00. The first kappa shape index (κ1) is 13.5. The molecule has 0 spiro atoms. The number of fused-ring (bicyclic) bond motifs is 1. The van der Waals surface area contributed by atoms with Gasteiger partial charge in [-0.3, -0.25) is 4.79 Å². The smallest absolute Gasteiger partial charge is 0.253 e. The Labute approximate surface area is 124 Å². The summed E-state index contributed by atoms with van der Waals surface area (Å²) in [5, 5.41) is 1.76. The molecule has 3 heterocycles. The Balaban J connectivity index is 1.85. The van der Waals surface area contributed by atoms with Crippen LogP contribution >= 0.6 is 27.3 Å². The van der Waals surface area contributed by atoms with E-state index in [1.54, 1.807) is 11.4 Å². The number of thiophene rings is 1. The summed E-state index contributed by atoms with van der Waals surface area (Å²) in [5.74, 6) is 0.152. The van der Waals surface area contributed by atoms with Crippen LogP contribution in [-0.2, 0) is 14.8 Å². The van der Waals surface area contributed by atoms with Gasteiger partial charge in [0.1, 0.15) is 4.21 Å². The van der Waals surface area contributed by atoms with Crippen molar-refractivity contribution in [1.29, 1.82) is 0 Å². The van der Waals surface area contributed by atoms with Gasteiger partial charge in [-0.1, -0.05) is 0 Å². The van der Waals surface area contributed by atoms with E-state index in [0.29, 0.717) is 34.7 Å². The van der Waals surface area contributed by atoms with Crippen molar-refractivity contribution >= 4 is 43.2 Å². The first-order valence-electron chi connectivity index (χ1n) is 6.03. The third-order valence-corrected chi connectivity index (χ3v) is 8.13. The first-order valence-corrected chi connectivity index (χ1v) is 9.14. The minimum absolute atomic E-state index is 0.0507. The predicted octanol–water partition coefficient (Wildman–Crippen LogP) is 1.51. The Morgan fingerprint density at radius 1 is 1.37 bits per heavy atom. The van der Waals surface area contributed by atoms with E-state index in [1.165, 1.54) is 15.6 Å². The molecule has 0 N–H and O–H groups in total. The number of halogens is 1. The lowest BCUT2D eigenvalue weighted by atomic mass is 10.2. The van der Waals surface area contributed by atoms with Crippen LogP contribution in [0.1, 0.15) is 12.8 Å². The summed E-state index contributed by atoms with van der Waals surface area (Å²) in [6.07, 6.45) is 1.30. The van der Waals surface area contributed by atoms with Gasteiger partial charge in [-0.2, -0.15) is 4.31 Å². The second-order valence-electron chi connectivity index (χ2n) is 4.70. The maximum Gasteiger partial charge on any atom is 0.253 e. The Morgan fingerprint density at radius 3 is 2.84 bits per heavy atom. The number of hydrogen-bond donors (Lipinski definition) is 0. The van der Waals surface area contributed by atoms with Crippen molar-refractivity contribution in [2.24, 2.45) is 0 Å². The fourth-order valence-electron chi connectivity index (χ4n) is 2.64. The summed E-state index contributed by atoms with van der Waals surface area (Å²) in [6.45, 7) is 1.30. The highest BCUT2D eigenvalue weighted by Gasteiger charge is 2.40. The Bertz CT molecular complexity index is 613. The van der Waals surface area contributed by atoms with Gasteiger partial charge < -0.3 is 4.90 Å². The summed E-state index contributed by atoms with van der Waals surface area (Å²) in [7, 11) is -3.44. The van der Waals surface area contributed by atoms with Gasteiger partial charge in [-0.15, -0.1) is 11.3 Å². The highest BCUT2D eigenvalue weighted by atomic mass is 79.9. The molecule has 1 aromatic rings. The van der Waals surface area contributed by atoms with Gasteiger partial charge in [0, 0.05) is 36.6 Å². The lowest BCUT2D eigenvalue weighted by molar-refractivity contribution is -0.130. The number of rotatable bonds is 2. The molecule has 0 saturated carbocycles. The topological polar surface area (TPSA) is 57.7 Å². The second-order valence-corrected chi connectivity index (χ2v) is 8.60. The van der Waals surface area contributed by atoms with Crippen molar-refractivity contribution in [3.63, 3.8) is 0 Å². The van der Waals surface area contributed by atoms with Crippen LogP contribution < -0.4 is 0 Å². The number of piperazine rings is 1. The largest absolute Gasteiger partial charge is 0.337 e. The number of amides is 1. The van der Waals surface area contributed by atoms with Crippen LogP contribution in [0.2, 0.25) is 0 Å². The van der Waals surface area contributed by atoms with Crippen molar-refractivity contribution in [2.75, 3.05) is 19.6 Å². The zero-order chi connectivity index (χ0) is 13.6. The lowest BCUT2D eigenvalue weighted by Crippen LogP contribution is -2.52. The maximum absolute atomic E-state index is 12.5.